The molecule has 0 aliphatic rings. The van der Waals surface area contributed by atoms with Crippen LogP contribution in [0.5, 0.6) is 0 Å². The average molecular weight is 489 g/mol. The summed E-state index contributed by atoms with van der Waals surface area (Å²) in [5.41, 5.74) is 8.34. The standard InChI is InChI=1S/C36H24N2/c1-5-13-33-29(9-1)30-10-2-6-14-34(30)37(33)27-21-17-25(18-22-27)26-19-23-28(24-20-26)38-35-15-7-3-11-31(35)32-12-4-8-16-36(32)38/h1-24H/i1D,2D,3D,4D. The fourth-order valence-electron chi connectivity index (χ4n) is 5.75. The Kier molecular flexibility index (Phi) is 3.76. The van der Waals surface area contributed by atoms with E-state index in [-0.39, 0.29) is 0 Å². The number of hydrogen-bond donors (Lipinski definition) is 0. The molecular formula is C36H24N2. The van der Waals surface area contributed by atoms with E-state index in [0.29, 0.717) is 24.2 Å². The summed E-state index contributed by atoms with van der Waals surface area (Å²) in [4.78, 5) is 0. The van der Waals surface area contributed by atoms with Crippen molar-refractivity contribution >= 4 is 43.6 Å². The molecule has 2 heterocycles. The Hall–Kier alpha value is -5.08. The fourth-order valence-corrected chi connectivity index (χ4v) is 5.75. The first kappa shape index (κ1) is 17.4. The van der Waals surface area contributed by atoms with Gasteiger partial charge >= 0.3 is 0 Å². The van der Waals surface area contributed by atoms with Gasteiger partial charge in [0.15, 0.2) is 0 Å². The topological polar surface area (TPSA) is 9.86 Å². The van der Waals surface area contributed by atoms with Crippen LogP contribution in [0, 0.1) is 0 Å². The molecule has 0 fully saturated rings. The molecular weight excluding hydrogens is 460 g/mol. The first-order chi connectivity index (χ1) is 20.4. The van der Waals surface area contributed by atoms with E-state index in [0.717, 1.165) is 66.1 Å². The van der Waals surface area contributed by atoms with Crippen molar-refractivity contribution in [3.8, 4) is 22.5 Å². The molecule has 8 rings (SSSR count). The zero-order valence-corrected chi connectivity index (χ0v) is 20.4. The van der Waals surface area contributed by atoms with E-state index in [1.54, 1.807) is 0 Å². The van der Waals surface area contributed by atoms with Gasteiger partial charge in [0.05, 0.1) is 27.5 Å². The van der Waals surface area contributed by atoms with E-state index in [4.69, 9.17) is 5.48 Å². The minimum Gasteiger partial charge on any atom is -0.309 e. The van der Waals surface area contributed by atoms with E-state index < -0.39 is 0 Å². The van der Waals surface area contributed by atoms with Crippen molar-refractivity contribution in [2.75, 3.05) is 0 Å². The van der Waals surface area contributed by atoms with Crippen LogP contribution in [0.4, 0.5) is 0 Å². The van der Waals surface area contributed by atoms with E-state index in [1.807, 2.05) is 72.8 Å². The predicted molar refractivity (Wildman–Crippen MR) is 161 cm³/mol. The zero-order chi connectivity index (χ0) is 28.5. The summed E-state index contributed by atoms with van der Waals surface area (Å²) >= 11 is 0. The Labute approximate surface area is 226 Å². The van der Waals surface area contributed by atoms with Crippen LogP contribution in [0.1, 0.15) is 5.48 Å². The molecule has 0 spiro atoms. The highest BCUT2D eigenvalue weighted by molar-refractivity contribution is 6.10. The first-order valence-corrected chi connectivity index (χ1v) is 12.7. The van der Waals surface area contributed by atoms with Gasteiger partial charge in [0, 0.05) is 32.9 Å². The third kappa shape index (κ3) is 3.07. The molecule has 2 aromatic heterocycles. The third-order valence-corrected chi connectivity index (χ3v) is 7.49. The van der Waals surface area contributed by atoms with Crippen molar-refractivity contribution in [2.24, 2.45) is 0 Å². The Bertz CT molecular complexity index is 2040. The summed E-state index contributed by atoms with van der Waals surface area (Å²) in [5.74, 6) is 0. The normalized spacial score (nSPS) is 13.2. The number of benzene rings is 6. The number of rotatable bonds is 3. The van der Waals surface area contributed by atoms with Crippen molar-refractivity contribution in [1.82, 2.24) is 9.13 Å². The molecule has 0 radical (unpaired) electrons. The van der Waals surface area contributed by atoms with Gasteiger partial charge in [-0.05, 0) is 59.7 Å². The maximum atomic E-state index is 8.13. The molecule has 0 aliphatic heterocycles. The van der Waals surface area contributed by atoms with Crippen LogP contribution >= 0.6 is 0 Å². The highest BCUT2D eigenvalue weighted by Gasteiger charge is 2.13. The second-order valence-electron chi connectivity index (χ2n) is 9.54. The quantitative estimate of drug-likeness (QED) is 0.234. The van der Waals surface area contributed by atoms with Gasteiger partial charge in [0.1, 0.15) is 0 Å². The number of para-hydroxylation sites is 4. The zero-order valence-electron chi connectivity index (χ0n) is 24.4. The molecule has 0 unspecified atom stereocenters. The molecule has 0 N–H and O–H groups in total. The SMILES string of the molecule is [2H]c1ccc2c(c1)c1cc([2H])ccc1n2-c1ccc(-c2ccc(-n3c4ccc([2H])cc4c4cc([2H])ccc43)cc2)cc1. The van der Waals surface area contributed by atoms with Gasteiger partial charge in [-0.25, -0.2) is 0 Å². The third-order valence-electron chi connectivity index (χ3n) is 7.49. The number of nitrogens with zero attached hydrogens (tertiary/aromatic N) is 2. The van der Waals surface area contributed by atoms with Crippen LogP contribution in [0.15, 0.2) is 145 Å². The summed E-state index contributed by atoms with van der Waals surface area (Å²) in [6.07, 6.45) is 0. The van der Waals surface area contributed by atoms with Gasteiger partial charge < -0.3 is 9.13 Å². The first-order valence-electron chi connectivity index (χ1n) is 14.7. The number of fused-ring (bicyclic) bond motifs is 6. The lowest BCUT2D eigenvalue weighted by Crippen LogP contribution is -1.94. The highest BCUT2D eigenvalue weighted by Crippen LogP contribution is 2.34. The Morgan fingerprint density at radius 1 is 0.342 bits per heavy atom. The molecule has 2 nitrogen and oxygen atoms in total. The summed E-state index contributed by atoms with van der Waals surface area (Å²) in [7, 11) is 0. The van der Waals surface area contributed by atoms with Crippen molar-refractivity contribution in [3.63, 3.8) is 0 Å². The second kappa shape index (κ2) is 8.22. The van der Waals surface area contributed by atoms with Crippen molar-refractivity contribution in [1.29, 1.82) is 0 Å². The highest BCUT2D eigenvalue weighted by atomic mass is 15.0. The Morgan fingerprint density at radius 3 is 0.921 bits per heavy atom. The molecule has 0 saturated carbocycles. The molecule has 8 aromatic rings. The Morgan fingerprint density at radius 2 is 0.632 bits per heavy atom. The molecule has 0 atom stereocenters. The number of hydrogen-bond acceptors (Lipinski definition) is 0. The van der Waals surface area contributed by atoms with Crippen LogP contribution in [0.3, 0.4) is 0 Å². The molecule has 38 heavy (non-hydrogen) atoms. The van der Waals surface area contributed by atoms with Crippen molar-refractivity contribution < 1.29 is 5.48 Å². The molecule has 0 aliphatic carbocycles. The van der Waals surface area contributed by atoms with Crippen LogP contribution < -0.4 is 0 Å². The summed E-state index contributed by atoms with van der Waals surface area (Å²) in [6, 6.07) is 41.5. The predicted octanol–water partition coefficient (Wildman–Crippen LogP) is 9.55. The molecule has 2 heteroatoms. The van der Waals surface area contributed by atoms with E-state index in [9.17, 15) is 0 Å². The van der Waals surface area contributed by atoms with E-state index in [1.165, 1.54) is 0 Å². The average Bonchev–Trinajstić information content (AvgIpc) is 3.48. The molecule has 0 amide bonds. The van der Waals surface area contributed by atoms with Gasteiger partial charge in [0.25, 0.3) is 0 Å². The largest absolute Gasteiger partial charge is 0.309 e. The lowest BCUT2D eigenvalue weighted by atomic mass is 10.0. The molecule has 0 bridgehead atoms. The summed E-state index contributed by atoms with van der Waals surface area (Å²) in [6.45, 7) is 0. The van der Waals surface area contributed by atoms with E-state index in [2.05, 4.69) is 57.7 Å². The smallest absolute Gasteiger partial charge is 0.0623 e. The van der Waals surface area contributed by atoms with Crippen LogP contribution in [-0.4, -0.2) is 9.13 Å². The van der Waals surface area contributed by atoms with Gasteiger partial charge in [-0.2, -0.15) is 0 Å². The van der Waals surface area contributed by atoms with Crippen molar-refractivity contribution in [3.05, 3.63) is 145 Å². The van der Waals surface area contributed by atoms with Crippen LogP contribution in [0.25, 0.3) is 66.1 Å². The maximum Gasteiger partial charge on any atom is 0.0623 e. The molecule has 0 saturated heterocycles. The van der Waals surface area contributed by atoms with Crippen molar-refractivity contribution in [2.45, 2.75) is 0 Å². The lowest BCUT2D eigenvalue weighted by molar-refractivity contribution is 1.18. The summed E-state index contributed by atoms with van der Waals surface area (Å²) < 4.78 is 36.9. The van der Waals surface area contributed by atoms with E-state index >= 15 is 0 Å². The summed E-state index contributed by atoms with van der Waals surface area (Å²) in [5, 5.41) is 3.92. The molecule has 6 aromatic carbocycles. The molecule has 178 valence electrons. The van der Waals surface area contributed by atoms with Gasteiger partial charge in [-0.15, -0.1) is 0 Å². The fraction of sp³-hybridized carbons (Fsp3) is 0. The second-order valence-corrected chi connectivity index (χ2v) is 9.54. The number of aromatic nitrogens is 2. The van der Waals surface area contributed by atoms with Crippen LogP contribution in [0.2, 0.25) is 0 Å². The van der Waals surface area contributed by atoms with Gasteiger partial charge in [-0.3, -0.25) is 0 Å². The van der Waals surface area contributed by atoms with Gasteiger partial charge in [-0.1, -0.05) is 97.0 Å². The van der Waals surface area contributed by atoms with Crippen LogP contribution in [-0.2, 0) is 0 Å². The lowest BCUT2D eigenvalue weighted by Gasteiger charge is -2.11. The minimum atomic E-state index is 0.457. The minimum absolute atomic E-state index is 0.457. The monoisotopic (exact) mass is 488 g/mol. The maximum absolute atomic E-state index is 8.13. The Balaban J connectivity index is 1.20. The van der Waals surface area contributed by atoms with Gasteiger partial charge in [0.2, 0.25) is 0 Å².